The third-order valence-electron chi connectivity index (χ3n) is 2.16. The molecule has 0 spiro atoms. The van der Waals surface area contributed by atoms with E-state index in [0.717, 1.165) is 17.1 Å². The summed E-state index contributed by atoms with van der Waals surface area (Å²) >= 11 is 0. The maximum Gasteiger partial charge on any atom is 0.129 e. The summed E-state index contributed by atoms with van der Waals surface area (Å²) in [6.07, 6.45) is 1.55. The average Bonchev–Trinajstić information content (AvgIpc) is 2.27. The lowest BCUT2D eigenvalue weighted by Gasteiger charge is -2.09. The first kappa shape index (κ1) is 11.3. The molecule has 0 aliphatic carbocycles. The van der Waals surface area contributed by atoms with Crippen LogP contribution < -0.4 is 11.1 Å². The molecule has 1 rings (SSSR count). The average molecular weight is 203 g/mol. The number of nitrogens with zero attached hydrogens (tertiary/aromatic N) is 1. The van der Waals surface area contributed by atoms with Crippen molar-refractivity contribution in [3.63, 3.8) is 0 Å². The van der Waals surface area contributed by atoms with Gasteiger partial charge >= 0.3 is 0 Å². The lowest BCUT2D eigenvalue weighted by molar-refractivity contribution is 1.36. The van der Waals surface area contributed by atoms with Crippen LogP contribution in [0.15, 0.2) is 41.0 Å². The van der Waals surface area contributed by atoms with Crippen LogP contribution in [0, 0.1) is 6.92 Å². The first-order valence-corrected chi connectivity index (χ1v) is 4.86. The number of aryl methyl sites for hydroxylation is 1. The summed E-state index contributed by atoms with van der Waals surface area (Å²) in [5.41, 5.74) is 8.63. The van der Waals surface area contributed by atoms with E-state index in [1.807, 2.05) is 19.1 Å². The van der Waals surface area contributed by atoms with Crippen LogP contribution in [0.25, 0.3) is 0 Å². The maximum atomic E-state index is 5.44. The molecule has 1 aromatic carbocycles. The van der Waals surface area contributed by atoms with Gasteiger partial charge in [0.05, 0.1) is 0 Å². The molecule has 0 aliphatic rings. The van der Waals surface area contributed by atoms with Crippen LogP contribution >= 0.6 is 0 Å². The molecule has 0 heterocycles. The van der Waals surface area contributed by atoms with Crippen LogP contribution in [0.3, 0.4) is 0 Å². The molecule has 0 atom stereocenters. The quantitative estimate of drug-likeness (QED) is 0.572. The Kier molecular flexibility index (Phi) is 3.92. The number of hydrogen-bond acceptors (Lipinski definition) is 2. The largest absolute Gasteiger partial charge is 0.404 e. The van der Waals surface area contributed by atoms with Gasteiger partial charge in [-0.05, 0) is 26.0 Å². The first-order valence-electron chi connectivity index (χ1n) is 4.86. The van der Waals surface area contributed by atoms with Crippen molar-refractivity contribution in [2.45, 2.75) is 13.8 Å². The summed E-state index contributed by atoms with van der Waals surface area (Å²) in [7, 11) is 1.74. The smallest absolute Gasteiger partial charge is 0.129 e. The Labute approximate surface area is 90.7 Å². The summed E-state index contributed by atoms with van der Waals surface area (Å²) in [6.45, 7) is 3.98. The molecule has 0 bridgehead atoms. The standard InChI is InChI=1S/C12H17N3/c1-9-4-6-11(7-5-9)15-12(14-3)10(2)8-13/h4-8H,13H2,1-3H3,(H,14,15)/b10-8-. The number of rotatable bonds is 2. The van der Waals surface area contributed by atoms with E-state index in [-0.39, 0.29) is 0 Å². The minimum absolute atomic E-state index is 0.793. The molecular weight excluding hydrogens is 186 g/mol. The lowest BCUT2D eigenvalue weighted by Crippen LogP contribution is -2.14. The molecule has 80 valence electrons. The third kappa shape index (κ3) is 3.13. The number of amidine groups is 1. The van der Waals surface area contributed by atoms with Gasteiger partial charge in [-0.2, -0.15) is 0 Å². The molecule has 3 nitrogen and oxygen atoms in total. The maximum absolute atomic E-state index is 5.44. The van der Waals surface area contributed by atoms with Crippen molar-refractivity contribution in [2.75, 3.05) is 12.4 Å². The molecule has 1 aromatic rings. The monoisotopic (exact) mass is 203 g/mol. The van der Waals surface area contributed by atoms with Gasteiger partial charge in [0.2, 0.25) is 0 Å². The predicted molar refractivity (Wildman–Crippen MR) is 66.1 cm³/mol. The molecule has 0 amide bonds. The van der Waals surface area contributed by atoms with Crippen molar-refractivity contribution in [3.05, 3.63) is 41.6 Å². The van der Waals surface area contributed by atoms with Gasteiger partial charge in [-0.1, -0.05) is 17.7 Å². The molecule has 0 radical (unpaired) electrons. The highest BCUT2D eigenvalue weighted by molar-refractivity contribution is 6.07. The fourth-order valence-corrected chi connectivity index (χ4v) is 1.18. The van der Waals surface area contributed by atoms with Crippen molar-refractivity contribution in [2.24, 2.45) is 10.7 Å². The van der Waals surface area contributed by atoms with Crippen molar-refractivity contribution < 1.29 is 0 Å². The number of nitrogens with two attached hydrogens (primary N) is 1. The van der Waals surface area contributed by atoms with Crippen molar-refractivity contribution >= 4 is 11.5 Å². The van der Waals surface area contributed by atoms with Gasteiger partial charge in [0.1, 0.15) is 5.84 Å². The SMILES string of the molecule is CN=C(Nc1ccc(C)cc1)/C(C)=C\N. The molecule has 0 aliphatic heterocycles. The van der Waals surface area contributed by atoms with Gasteiger partial charge in [0.15, 0.2) is 0 Å². The summed E-state index contributed by atoms with van der Waals surface area (Å²) < 4.78 is 0. The van der Waals surface area contributed by atoms with Gasteiger partial charge in [-0.3, -0.25) is 4.99 Å². The van der Waals surface area contributed by atoms with Crippen LogP contribution in [-0.2, 0) is 0 Å². The van der Waals surface area contributed by atoms with Gasteiger partial charge in [-0.15, -0.1) is 0 Å². The fraction of sp³-hybridized carbons (Fsp3) is 0.250. The second kappa shape index (κ2) is 5.20. The van der Waals surface area contributed by atoms with E-state index in [0.29, 0.717) is 0 Å². The highest BCUT2D eigenvalue weighted by atomic mass is 15.0. The molecule has 0 unspecified atom stereocenters. The summed E-state index contributed by atoms with van der Waals surface area (Å²) in [5, 5.41) is 3.21. The van der Waals surface area contributed by atoms with E-state index < -0.39 is 0 Å². The molecule has 0 saturated heterocycles. The zero-order chi connectivity index (χ0) is 11.3. The number of aliphatic imine (C=N–C) groups is 1. The van der Waals surface area contributed by atoms with Crippen LogP contribution in [-0.4, -0.2) is 12.9 Å². The summed E-state index contributed by atoms with van der Waals surface area (Å²) in [5.74, 6) is 0.793. The molecule has 0 saturated carbocycles. The Morgan fingerprint density at radius 2 is 1.93 bits per heavy atom. The minimum Gasteiger partial charge on any atom is -0.404 e. The highest BCUT2D eigenvalue weighted by Gasteiger charge is 2.00. The molecule has 0 fully saturated rings. The minimum atomic E-state index is 0.793. The Hall–Kier alpha value is -1.77. The Bertz CT molecular complexity index is 374. The van der Waals surface area contributed by atoms with Crippen LogP contribution in [0.5, 0.6) is 0 Å². The van der Waals surface area contributed by atoms with Crippen molar-refractivity contribution in [3.8, 4) is 0 Å². The Balaban J connectivity index is 2.81. The topological polar surface area (TPSA) is 50.4 Å². The number of anilines is 1. The van der Waals surface area contributed by atoms with Crippen LogP contribution in [0.4, 0.5) is 5.69 Å². The zero-order valence-electron chi connectivity index (χ0n) is 9.41. The number of benzene rings is 1. The van der Waals surface area contributed by atoms with Gasteiger partial charge in [0.25, 0.3) is 0 Å². The molecular formula is C12H17N3. The fourth-order valence-electron chi connectivity index (χ4n) is 1.18. The molecule has 0 aromatic heterocycles. The summed E-state index contributed by atoms with van der Waals surface area (Å²) in [4.78, 5) is 4.13. The predicted octanol–water partition coefficient (Wildman–Crippen LogP) is 2.30. The summed E-state index contributed by atoms with van der Waals surface area (Å²) in [6, 6.07) is 8.14. The molecule has 3 heteroatoms. The first-order chi connectivity index (χ1) is 7.17. The number of hydrogen-bond donors (Lipinski definition) is 2. The van der Waals surface area contributed by atoms with E-state index in [2.05, 4.69) is 29.4 Å². The second-order valence-electron chi connectivity index (χ2n) is 3.41. The van der Waals surface area contributed by atoms with Crippen LogP contribution in [0.2, 0.25) is 0 Å². The molecule has 15 heavy (non-hydrogen) atoms. The Morgan fingerprint density at radius 1 is 1.33 bits per heavy atom. The third-order valence-corrected chi connectivity index (χ3v) is 2.16. The van der Waals surface area contributed by atoms with Crippen LogP contribution in [0.1, 0.15) is 12.5 Å². The lowest BCUT2D eigenvalue weighted by atomic mass is 10.2. The normalized spacial score (nSPS) is 12.7. The van der Waals surface area contributed by atoms with Crippen molar-refractivity contribution in [1.82, 2.24) is 0 Å². The Morgan fingerprint density at radius 3 is 2.40 bits per heavy atom. The van der Waals surface area contributed by atoms with Gasteiger partial charge < -0.3 is 11.1 Å². The number of nitrogens with one attached hydrogen (secondary N) is 1. The second-order valence-corrected chi connectivity index (χ2v) is 3.41. The van der Waals surface area contributed by atoms with Crippen molar-refractivity contribution in [1.29, 1.82) is 0 Å². The zero-order valence-corrected chi connectivity index (χ0v) is 9.41. The van der Waals surface area contributed by atoms with E-state index >= 15 is 0 Å². The van der Waals surface area contributed by atoms with E-state index in [1.54, 1.807) is 13.2 Å². The molecule has 3 N–H and O–H groups in total. The van der Waals surface area contributed by atoms with Gasteiger partial charge in [0, 0.05) is 24.5 Å². The highest BCUT2D eigenvalue weighted by Crippen LogP contribution is 2.10. The van der Waals surface area contributed by atoms with E-state index in [9.17, 15) is 0 Å². The van der Waals surface area contributed by atoms with E-state index in [1.165, 1.54) is 5.56 Å². The van der Waals surface area contributed by atoms with Gasteiger partial charge in [-0.25, -0.2) is 0 Å². The van der Waals surface area contributed by atoms with E-state index in [4.69, 9.17) is 5.73 Å².